The largest absolute Gasteiger partial charge is 0.489 e. The van der Waals surface area contributed by atoms with Gasteiger partial charge < -0.3 is 19.2 Å². The monoisotopic (exact) mass is 457 g/mol. The van der Waals surface area contributed by atoms with E-state index in [1.54, 1.807) is 6.07 Å². The second-order valence-corrected chi connectivity index (χ2v) is 7.21. The predicted octanol–water partition coefficient (Wildman–Crippen LogP) is 4.66. The van der Waals surface area contributed by atoms with Gasteiger partial charge in [0.25, 0.3) is 5.91 Å². The van der Waals surface area contributed by atoms with Gasteiger partial charge in [-0.25, -0.2) is 4.79 Å². The van der Waals surface area contributed by atoms with Crippen LogP contribution in [0.1, 0.15) is 34.6 Å². The first-order valence-corrected chi connectivity index (χ1v) is 9.78. The molecular weight excluding hydrogens is 438 g/mol. The Morgan fingerprint density at radius 3 is 2.52 bits per heavy atom. The molecule has 29 heavy (non-hydrogen) atoms. The number of ether oxygens (including phenoxy) is 2. The molecule has 6 nitrogen and oxygen atoms in total. The average Bonchev–Trinajstić information content (AvgIpc) is 3.20. The highest BCUT2D eigenvalue weighted by Crippen LogP contribution is 2.18. The van der Waals surface area contributed by atoms with E-state index in [4.69, 9.17) is 13.9 Å². The van der Waals surface area contributed by atoms with Crippen molar-refractivity contribution in [3.8, 4) is 5.75 Å². The molecule has 1 amide bonds. The van der Waals surface area contributed by atoms with Gasteiger partial charge in [0.2, 0.25) is 5.76 Å². The second kappa shape index (κ2) is 9.93. The van der Waals surface area contributed by atoms with Crippen LogP contribution in [0.15, 0.2) is 75.8 Å². The molecule has 0 aliphatic carbocycles. The van der Waals surface area contributed by atoms with E-state index >= 15 is 0 Å². The zero-order chi connectivity index (χ0) is 20.6. The number of hydrogen-bond donors (Lipinski definition) is 1. The summed E-state index contributed by atoms with van der Waals surface area (Å²) in [7, 11) is 0. The van der Waals surface area contributed by atoms with Gasteiger partial charge in [-0.15, -0.1) is 0 Å². The number of halogens is 1. The number of nitrogens with one attached hydrogen (secondary N) is 1. The van der Waals surface area contributed by atoms with Crippen LogP contribution >= 0.6 is 15.9 Å². The van der Waals surface area contributed by atoms with E-state index in [9.17, 15) is 9.59 Å². The van der Waals surface area contributed by atoms with Crippen LogP contribution in [0.4, 0.5) is 0 Å². The SMILES string of the molecule is CC(NC(=O)COC(=O)c1occc1COc1ccccc1)c1ccc(Br)cc1. The molecule has 1 heterocycles. The fourth-order valence-electron chi connectivity index (χ4n) is 2.62. The molecule has 3 rings (SSSR count). The molecule has 0 saturated heterocycles. The number of amides is 1. The summed E-state index contributed by atoms with van der Waals surface area (Å²) in [6.07, 6.45) is 1.38. The van der Waals surface area contributed by atoms with Gasteiger partial charge in [-0.2, -0.15) is 0 Å². The lowest BCUT2D eigenvalue weighted by Crippen LogP contribution is -2.31. The van der Waals surface area contributed by atoms with Crippen LogP contribution in [0.25, 0.3) is 0 Å². The first-order valence-electron chi connectivity index (χ1n) is 8.99. The topological polar surface area (TPSA) is 77.8 Å². The predicted molar refractivity (Wildman–Crippen MR) is 110 cm³/mol. The number of rotatable bonds is 8. The van der Waals surface area contributed by atoms with Gasteiger partial charge in [0.1, 0.15) is 12.4 Å². The first kappa shape index (κ1) is 20.7. The maximum atomic E-state index is 12.3. The number of esters is 1. The van der Waals surface area contributed by atoms with Crippen LogP contribution in [0.5, 0.6) is 5.75 Å². The minimum Gasteiger partial charge on any atom is -0.489 e. The molecule has 0 fully saturated rings. The molecule has 0 radical (unpaired) electrons. The lowest BCUT2D eigenvalue weighted by molar-refractivity contribution is -0.124. The standard InChI is InChI=1S/C22H20BrNO5/c1-15(16-7-9-18(23)10-8-16)24-20(25)14-29-22(26)21-17(11-12-27-21)13-28-19-5-3-2-4-6-19/h2-12,15H,13-14H2,1H3,(H,24,25). The molecule has 0 saturated carbocycles. The van der Waals surface area contributed by atoms with E-state index < -0.39 is 18.5 Å². The van der Waals surface area contributed by atoms with E-state index in [-0.39, 0.29) is 18.4 Å². The molecule has 3 aromatic rings. The Hall–Kier alpha value is -3.06. The third kappa shape index (κ3) is 5.96. The zero-order valence-corrected chi connectivity index (χ0v) is 17.3. The molecule has 7 heteroatoms. The molecule has 2 aromatic carbocycles. The minimum atomic E-state index is -0.715. The van der Waals surface area contributed by atoms with Crippen LogP contribution in [-0.4, -0.2) is 18.5 Å². The highest BCUT2D eigenvalue weighted by atomic mass is 79.9. The van der Waals surface area contributed by atoms with Crippen molar-refractivity contribution in [2.45, 2.75) is 19.6 Å². The summed E-state index contributed by atoms with van der Waals surface area (Å²) < 4.78 is 16.9. The molecule has 0 bridgehead atoms. The molecule has 1 unspecified atom stereocenters. The number of benzene rings is 2. The van der Waals surface area contributed by atoms with E-state index in [1.807, 2.05) is 61.5 Å². The normalized spacial score (nSPS) is 11.5. The Kier molecular flexibility index (Phi) is 7.08. The van der Waals surface area contributed by atoms with Crippen LogP contribution in [0.2, 0.25) is 0 Å². The number of hydrogen-bond acceptors (Lipinski definition) is 5. The van der Waals surface area contributed by atoms with Gasteiger partial charge in [0.05, 0.1) is 12.3 Å². The fraction of sp³-hybridized carbons (Fsp3) is 0.182. The number of carbonyl (C=O) groups is 2. The molecule has 1 atom stereocenters. The van der Waals surface area contributed by atoms with Crippen molar-refractivity contribution in [3.63, 3.8) is 0 Å². The quantitative estimate of drug-likeness (QED) is 0.497. The highest BCUT2D eigenvalue weighted by molar-refractivity contribution is 9.10. The Morgan fingerprint density at radius 1 is 1.07 bits per heavy atom. The smallest absolute Gasteiger partial charge is 0.375 e. The zero-order valence-electron chi connectivity index (χ0n) is 15.8. The lowest BCUT2D eigenvalue weighted by atomic mass is 10.1. The number of furan rings is 1. The molecule has 1 N–H and O–H groups in total. The van der Waals surface area contributed by atoms with Gasteiger partial charge in [-0.05, 0) is 42.8 Å². The van der Waals surface area contributed by atoms with Crippen LogP contribution < -0.4 is 10.1 Å². The third-order valence-corrected chi connectivity index (χ3v) is 4.68. The highest BCUT2D eigenvalue weighted by Gasteiger charge is 2.19. The Balaban J connectivity index is 1.49. The number of para-hydroxylation sites is 1. The summed E-state index contributed by atoms with van der Waals surface area (Å²) in [6.45, 7) is 1.60. The van der Waals surface area contributed by atoms with Crippen molar-refractivity contribution in [1.82, 2.24) is 5.32 Å². The van der Waals surface area contributed by atoms with E-state index in [2.05, 4.69) is 21.2 Å². The van der Waals surface area contributed by atoms with E-state index in [1.165, 1.54) is 6.26 Å². The number of carbonyl (C=O) groups excluding carboxylic acids is 2. The minimum absolute atomic E-state index is 0.0229. The average molecular weight is 458 g/mol. The Bertz CT molecular complexity index is 953. The van der Waals surface area contributed by atoms with Crippen molar-refractivity contribution >= 4 is 27.8 Å². The van der Waals surface area contributed by atoms with Gasteiger partial charge in [0.15, 0.2) is 6.61 Å². The lowest BCUT2D eigenvalue weighted by Gasteiger charge is -2.14. The molecular formula is C22H20BrNO5. The van der Waals surface area contributed by atoms with E-state index in [0.29, 0.717) is 11.3 Å². The van der Waals surface area contributed by atoms with Crippen molar-refractivity contribution in [1.29, 1.82) is 0 Å². The maximum Gasteiger partial charge on any atom is 0.375 e. The summed E-state index contributed by atoms with van der Waals surface area (Å²) in [4.78, 5) is 24.4. The van der Waals surface area contributed by atoms with Crippen molar-refractivity contribution < 1.29 is 23.5 Å². The summed E-state index contributed by atoms with van der Waals surface area (Å²) in [6, 6.07) is 18.2. The van der Waals surface area contributed by atoms with E-state index in [0.717, 1.165) is 10.0 Å². The van der Waals surface area contributed by atoms with Crippen molar-refractivity contribution in [2.75, 3.05) is 6.61 Å². The molecule has 0 aliphatic heterocycles. The van der Waals surface area contributed by atoms with Gasteiger partial charge in [-0.1, -0.05) is 46.3 Å². The summed E-state index contributed by atoms with van der Waals surface area (Å²) in [5.74, 6) is -0.417. The Labute approximate surface area is 176 Å². The molecule has 0 aliphatic rings. The Morgan fingerprint density at radius 2 is 1.79 bits per heavy atom. The molecule has 0 spiro atoms. The van der Waals surface area contributed by atoms with Gasteiger partial charge >= 0.3 is 5.97 Å². The van der Waals surface area contributed by atoms with Crippen molar-refractivity contribution in [3.05, 3.63) is 88.3 Å². The first-order chi connectivity index (χ1) is 14.0. The van der Waals surface area contributed by atoms with Gasteiger partial charge in [0, 0.05) is 10.0 Å². The van der Waals surface area contributed by atoms with Crippen LogP contribution in [0.3, 0.4) is 0 Å². The van der Waals surface area contributed by atoms with Crippen LogP contribution in [-0.2, 0) is 16.1 Å². The molecule has 150 valence electrons. The van der Waals surface area contributed by atoms with Gasteiger partial charge in [-0.3, -0.25) is 4.79 Å². The summed E-state index contributed by atoms with van der Waals surface area (Å²) in [5.41, 5.74) is 1.49. The summed E-state index contributed by atoms with van der Waals surface area (Å²) in [5, 5.41) is 2.79. The second-order valence-electron chi connectivity index (χ2n) is 6.29. The molecule has 1 aromatic heterocycles. The van der Waals surface area contributed by atoms with Crippen molar-refractivity contribution in [2.24, 2.45) is 0 Å². The van der Waals surface area contributed by atoms with Crippen LogP contribution in [0, 0.1) is 0 Å². The third-order valence-electron chi connectivity index (χ3n) is 4.15. The fourth-order valence-corrected chi connectivity index (χ4v) is 2.89. The summed E-state index contributed by atoms with van der Waals surface area (Å²) >= 11 is 3.37. The maximum absolute atomic E-state index is 12.3.